The number of hydrogen-bond donors (Lipinski definition) is 3. The van der Waals surface area contributed by atoms with Gasteiger partial charge in [0.1, 0.15) is 5.75 Å². The van der Waals surface area contributed by atoms with Crippen molar-refractivity contribution in [3.8, 4) is 5.75 Å². The van der Waals surface area contributed by atoms with Crippen LogP contribution in [0.3, 0.4) is 0 Å². The lowest BCUT2D eigenvalue weighted by Gasteiger charge is -2.10. The van der Waals surface area contributed by atoms with Crippen molar-refractivity contribution in [3.05, 3.63) is 54.1 Å². The molecule has 0 spiro atoms. The number of ether oxygens (including phenoxy) is 1. The molecule has 0 fully saturated rings. The van der Waals surface area contributed by atoms with Crippen molar-refractivity contribution in [1.82, 2.24) is 5.43 Å². The van der Waals surface area contributed by atoms with E-state index in [9.17, 15) is 4.79 Å². The zero-order valence-corrected chi connectivity index (χ0v) is 10.5. The lowest BCUT2D eigenvalue weighted by atomic mass is 10.2. The summed E-state index contributed by atoms with van der Waals surface area (Å²) in [5.74, 6) is 0.461. The molecule has 0 bridgehead atoms. The standard InChI is InChI=1S/C14H15N3O2/c1-19-11-8-6-10(7-9-11)14(18)17-16-13-5-3-2-4-12(13)15/h2-9,16H,15H2,1H3,(H,17,18). The number of para-hydroxylation sites is 2. The first-order chi connectivity index (χ1) is 9.20. The summed E-state index contributed by atoms with van der Waals surface area (Å²) >= 11 is 0. The Hall–Kier alpha value is -2.69. The van der Waals surface area contributed by atoms with Gasteiger partial charge in [-0.3, -0.25) is 15.6 Å². The Labute approximate surface area is 111 Å². The van der Waals surface area contributed by atoms with E-state index in [4.69, 9.17) is 10.5 Å². The highest BCUT2D eigenvalue weighted by Crippen LogP contribution is 2.15. The third-order valence-corrected chi connectivity index (χ3v) is 2.62. The first kappa shape index (κ1) is 12.8. The van der Waals surface area contributed by atoms with Crippen LogP contribution < -0.4 is 21.3 Å². The maximum atomic E-state index is 11.9. The number of rotatable bonds is 4. The van der Waals surface area contributed by atoms with Gasteiger partial charge >= 0.3 is 0 Å². The van der Waals surface area contributed by atoms with E-state index in [-0.39, 0.29) is 5.91 Å². The van der Waals surface area contributed by atoms with Crippen LogP contribution in [0.4, 0.5) is 11.4 Å². The van der Waals surface area contributed by atoms with E-state index in [1.165, 1.54) is 0 Å². The summed E-state index contributed by atoms with van der Waals surface area (Å²) in [5, 5.41) is 0. The molecule has 0 aromatic heterocycles. The van der Waals surface area contributed by atoms with E-state index in [2.05, 4.69) is 10.9 Å². The van der Waals surface area contributed by atoms with Crippen molar-refractivity contribution >= 4 is 17.3 Å². The number of carbonyl (C=O) groups is 1. The second-order valence-electron chi connectivity index (χ2n) is 3.89. The molecule has 1 amide bonds. The molecule has 19 heavy (non-hydrogen) atoms. The SMILES string of the molecule is COc1ccc(C(=O)NNc2ccccc2N)cc1. The van der Waals surface area contributed by atoms with Gasteiger partial charge in [-0.15, -0.1) is 0 Å². The van der Waals surface area contributed by atoms with Gasteiger partial charge in [0.2, 0.25) is 0 Å². The molecule has 2 aromatic rings. The second kappa shape index (κ2) is 5.77. The summed E-state index contributed by atoms with van der Waals surface area (Å²) in [7, 11) is 1.58. The van der Waals surface area contributed by atoms with Crippen LogP contribution in [0.25, 0.3) is 0 Å². The molecule has 0 atom stereocenters. The van der Waals surface area contributed by atoms with Gasteiger partial charge in [-0.05, 0) is 36.4 Å². The fourth-order valence-electron chi connectivity index (χ4n) is 1.55. The lowest BCUT2D eigenvalue weighted by Crippen LogP contribution is -2.29. The van der Waals surface area contributed by atoms with E-state index in [0.717, 1.165) is 0 Å². The van der Waals surface area contributed by atoms with Gasteiger partial charge in [-0.2, -0.15) is 0 Å². The van der Waals surface area contributed by atoms with Crippen molar-refractivity contribution in [2.45, 2.75) is 0 Å². The van der Waals surface area contributed by atoms with Crippen molar-refractivity contribution in [2.75, 3.05) is 18.3 Å². The summed E-state index contributed by atoms with van der Waals surface area (Å²) in [6.07, 6.45) is 0. The second-order valence-corrected chi connectivity index (χ2v) is 3.89. The Balaban J connectivity index is 1.99. The molecular formula is C14H15N3O2. The molecule has 0 heterocycles. The molecule has 0 saturated heterocycles. The third-order valence-electron chi connectivity index (χ3n) is 2.62. The van der Waals surface area contributed by atoms with Crippen molar-refractivity contribution in [2.24, 2.45) is 0 Å². The molecule has 98 valence electrons. The fraction of sp³-hybridized carbons (Fsp3) is 0.0714. The monoisotopic (exact) mass is 257 g/mol. The van der Waals surface area contributed by atoms with E-state index < -0.39 is 0 Å². The highest BCUT2D eigenvalue weighted by atomic mass is 16.5. The van der Waals surface area contributed by atoms with E-state index in [0.29, 0.717) is 22.7 Å². The maximum Gasteiger partial charge on any atom is 0.269 e. The summed E-state index contributed by atoms with van der Waals surface area (Å²) in [5.41, 5.74) is 12.9. The molecule has 2 rings (SSSR count). The summed E-state index contributed by atoms with van der Waals surface area (Å²) in [6.45, 7) is 0. The molecule has 0 saturated carbocycles. The number of hydrogen-bond acceptors (Lipinski definition) is 4. The average molecular weight is 257 g/mol. The number of methoxy groups -OCH3 is 1. The van der Waals surface area contributed by atoms with Crippen LogP contribution in [0.2, 0.25) is 0 Å². The smallest absolute Gasteiger partial charge is 0.269 e. The minimum atomic E-state index is -0.245. The fourth-order valence-corrected chi connectivity index (χ4v) is 1.55. The van der Waals surface area contributed by atoms with Gasteiger partial charge in [0, 0.05) is 5.56 Å². The molecular weight excluding hydrogens is 242 g/mol. The number of anilines is 2. The Bertz CT molecular complexity index is 567. The normalized spacial score (nSPS) is 9.74. The van der Waals surface area contributed by atoms with Crippen LogP contribution in [-0.4, -0.2) is 13.0 Å². The van der Waals surface area contributed by atoms with Crippen LogP contribution in [0, 0.1) is 0 Å². The van der Waals surface area contributed by atoms with Gasteiger partial charge < -0.3 is 10.5 Å². The number of nitrogens with one attached hydrogen (secondary N) is 2. The number of hydrazine groups is 1. The van der Waals surface area contributed by atoms with Crippen molar-refractivity contribution in [1.29, 1.82) is 0 Å². The number of benzene rings is 2. The molecule has 0 aliphatic heterocycles. The molecule has 4 N–H and O–H groups in total. The van der Waals surface area contributed by atoms with Gasteiger partial charge in [-0.1, -0.05) is 12.1 Å². The lowest BCUT2D eigenvalue weighted by molar-refractivity contribution is 0.0962. The Morgan fingerprint density at radius 1 is 1.11 bits per heavy atom. The maximum absolute atomic E-state index is 11.9. The minimum absolute atomic E-state index is 0.245. The molecule has 0 aliphatic carbocycles. The van der Waals surface area contributed by atoms with E-state index in [1.54, 1.807) is 43.5 Å². The van der Waals surface area contributed by atoms with Gasteiger partial charge in [0.15, 0.2) is 0 Å². The van der Waals surface area contributed by atoms with Crippen LogP contribution in [0.5, 0.6) is 5.75 Å². The first-order valence-electron chi connectivity index (χ1n) is 5.75. The number of amides is 1. The number of carbonyl (C=O) groups excluding carboxylic acids is 1. The third kappa shape index (κ3) is 3.16. The first-order valence-corrected chi connectivity index (χ1v) is 5.75. The van der Waals surface area contributed by atoms with Gasteiger partial charge in [0.05, 0.1) is 18.5 Å². The zero-order valence-electron chi connectivity index (χ0n) is 10.5. The van der Waals surface area contributed by atoms with Crippen LogP contribution in [0.15, 0.2) is 48.5 Å². The van der Waals surface area contributed by atoms with Crippen LogP contribution in [-0.2, 0) is 0 Å². The van der Waals surface area contributed by atoms with Gasteiger partial charge in [-0.25, -0.2) is 0 Å². The predicted octanol–water partition coefficient (Wildman–Crippen LogP) is 2.03. The average Bonchev–Trinajstić information content (AvgIpc) is 2.46. The number of nitrogen functional groups attached to an aromatic ring is 1. The molecule has 5 heteroatoms. The largest absolute Gasteiger partial charge is 0.497 e. The molecule has 0 radical (unpaired) electrons. The highest BCUT2D eigenvalue weighted by molar-refractivity contribution is 5.95. The number of nitrogens with two attached hydrogens (primary N) is 1. The Morgan fingerprint density at radius 3 is 2.42 bits per heavy atom. The molecule has 2 aromatic carbocycles. The van der Waals surface area contributed by atoms with Crippen LogP contribution >= 0.6 is 0 Å². The van der Waals surface area contributed by atoms with Crippen molar-refractivity contribution < 1.29 is 9.53 Å². The molecule has 0 unspecified atom stereocenters. The molecule has 5 nitrogen and oxygen atoms in total. The van der Waals surface area contributed by atoms with E-state index >= 15 is 0 Å². The van der Waals surface area contributed by atoms with E-state index in [1.807, 2.05) is 12.1 Å². The summed E-state index contributed by atoms with van der Waals surface area (Å²) in [4.78, 5) is 11.9. The summed E-state index contributed by atoms with van der Waals surface area (Å²) < 4.78 is 5.03. The zero-order chi connectivity index (χ0) is 13.7. The highest BCUT2D eigenvalue weighted by Gasteiger charge is 2.05. The Kier molecular flexibility index (Phi) is 3.87. The Morgan fingerprint density at radius 2 is 1.79 bits per heavy atom. The van der Waals surface area contributed by atoms with Gasteiger partial charge in [0.25, 0.3) is 5.91 Å². The summed E-state index contributed by atoms with van der Waals surface area (Å²) in [6, 6.07) is 14.0. The molecule has 0 aliphatic rings. The predicted molar refractivity (Wildman–Crippen MR) is 74.9 cm³/mol. The minimum Gasteiger partial charge on any atom is -0.497 e. The topological polar surface area (TPSA) is 76.4 Å². The van der Waals surface area contributed by atoms with Crippen LogP contribution in [0.1, 0.15) is 10.4 Å². The van der Waals surface area contributed by atoms with Crippen molar-refractivity contribution in [3.63, 3.8) is 0 Å². The quantitative estimate of drug-likeness (QED) is 0.578.